The van der Waals surface area contributed by atoms with Crippen molar-refractivity contribution in [2.45, 2.75) is 12.3 Å². The first-order valence-electron chi connectivity index (χ1n) is 5.03. The molecule has 2 heteroatoms. The number of furan rings is 1. The molecule has 0 bridgehead atoms. The van der Waals surface area contributed by atoms with Gasteiger partial charge in [-0.3, -0.25) is 0 Å². The van der Waals surface area contributed by atoms with Crippen LogP contribution in [-0.4, -0.2) is 5.33 Å². The highest BCUT2D eigenvalue weighted by Crippen LogP contribution is 2.22. The molecule has 0 saturated carbocycles. The number of rotatable bonds is 4. The van der Waals surface area contributed by atoms with Gasteiger partial charge < -0.3 is 4.42 Å². The topological polar surface area (TPSA) is 13.1 Å². The lowest BCUT2D eigenvalue weighted by Gasteiger charge is -2.12. The second-order valence-electron chi connectivity index (χ2n) is 3.55. The van der Waals surface area contributed by atoms with Crippen LogP contribution < -0.4 is 0 Å². The van der Waals surface area contributed by atoms with Gasteiger partial charge in [-0.1, -0.05) is 46.3 Å². The second-order valence-corrected chi connectivity index (χ2v) is 4.19. The van der Waals surface area contributed by atoms with Crippen LogP contribution in [0.2, 0.25) is 0 Å². The smallest absolute Gasteiger partial charge is 0.104 e. The van der Waals surface area contributed by atoms with E-state index in [0.29, 0.717) is 5.92 Å². The van der Waals surface area contributed by atoms with Gasteiger partial charge in [0.15, 0.2) is 0 Å². The zero-order chi connectivity index (χ0) is 10.5. The fourth-order valence-corrected chi connectivity index (χ4v) is 2.26. The van der Waals surface area contributed by atoms with Crippen LogP contribution >= 0.6 is 15.9 Å². The summed E-state index contributed by atoms with van der Waals surface area (Å²) in [7, 11) is 0. The van der Waals surface area contributed by atoms with Crippen molar-refractivity contribution in [2.24, 2.45) is 0 Å². The second kappa shape index (κ2) is 5.17. The maximum absolute atomic E-state index is 5.37. The summed E-state index contributed by atoms with van der Waals surface area (Å²) >= 11 is 3.56. The van der Waals surface area contributed by atoms with E-state index in [1.165, 1.54) is 5.56 Å². The highest BCUT2D eigenvalue weighted by atomic mass is 79.9. The van der Waals surface area contributed by atoms with Crippen molar-refractivity contribution >= 4 is 15.9 Å². The monoisotopic (exact) mass is 264 g/mol. The molecular weight excluding hydrogens is 252 g/mol. The van der Waals surface area contributed by atoms with Crippen molar-refractivity contribution < 1.29 is 4.42 Å². The van der Waals surface area contributed by atoms with Crippen LogP contribution in [0.5, 0.6) is 0 Å². The van der Waals surface area contributed by atoms with E-state index >= 15 is 0 Å². The molecule has 1 nitrogen and oxygen atoms in total. The van der Waals surface area contributed by atoms with E-state index < -0.39 is 0 Å². The molecule has 78 valence electrons. The first-order valence-corrected chi connectivity index (χ1v) is 6.15. The largest absolute Gasteiger partial charge is 0.469 e. The molecule has 0 aliphatic carbocycles. The van der Waals surface area contributed by atoms with Gasteiger partial charge >= 0.3 is 0 Å². The Bertz CT molecular complexity index is 380. The molecule has 15 heavy (non-hydrogen) atoms. The van der Waals surface area contributed by atoms with Crippen LogP contribution in [0.4, 0.5) is 0 Å². The molecule has 0 spiro atoms. The molecule has 0 saturated heterocycles. The summed E-state index contributed by atoms with van der Waals surface area (Å²) in [6.07, 6.45) is 2.67. The molecule has 1 aromatic heterocycles. The summed E-state index contributed by atoms with van der Waals surface area (Å²) in [4.78, 5) is 0. The molecule has 2 rings (SSSR count). The molecule has 0 amide bonds. The predicted molar refractivity (Wildman–Crippen MR) is 65.4 cm³/mol. The number of hydrogen-bond acceptors (Lipinski definition) is 1. The summed E-state index contributed by atoms with van der Waals surface area (Å²) in [6, 6.07) is 14.5. The Morgan fingerprint density at radius 2 is 1.87 bits per heavy atom. The molecule has 0 aliphatic rings. The average Bonchev–Trinajstić information content (AvgIpc) is 2.80. The Labute approximate surface area is 98.2 Å². The third-order valence-electron chi connectivity index (χ3n) is 2.48. The van der Waals surface area contributed by atoms with E-state index in [1.54, 1.807) is 6.26 Å². The number of halogens is 1. The maximum Gasteiger partial charge on any atom is 0.104 e. The Hall–Kier alpha value is -1.02. The van der Waals surface area contributed by atoms with Crippen molar-refractivity contribution in [3.05, 3.63) is 60.1 Å². The average molecular weight is 265 g/mol. The van der Waals surface area contributed by atoms with Crippen LogP contribution in [-0.2, 0) is 6.42 Å². The lowest BCUT2D eigenvalue weighted by molar-refractivity contribution is 0.494. The molecule has 0 fully saturated rings. The third-order valence-corrected chi connectivity index (χ3v) is 3.27. The van der Waals surface area contributed by atoms with Crippen LogP contribution in [0.25, 0.3) is 0 Å². The standard InChI is InChI=1S/C13H13BrO/c14-10-12(9-13-7-4-8-15-13)11-5-2-1-3-6-11/h1-8,12H,9-10H2. The molecule has 0 aliphatic heterocycles. The Balaban J connectivity index is 2.12. The minimum absolute atomic E-state index is 0.484. The fraction of sp³-hybridized carbons (Fsp3) is 0.231. The van der Waals surface area contributed by atoms with Crippen LogP contribution in [0, 0.1) is 0 Å². The van der Waals surface area contributed by atoms with Crippen molar-refractivity contribution in [1.29, 1.82) is 0 Å². The quantitative estimate of drug-likeness (QED) is 0.761. The van der Waals surface area contributed by atoms with Gasteiger partial charge in [-0.05, 0) is 17.7 Å². The van der Waals surface area contributed by atoms with Crippen molar-refractivity contribution in [3.63, 3.8) is 0 Å². The minimum atomic E-state index is 0.484. The molecule has 1 unspecified atom stereocenters. The number of hydrogen-bond donors (Lipinski definition) is 0. The zero-order valence-corrected chi connectivity index (χ0v) is 9.98. The Kier molecular flexibility index (Phi) is 3.62. The van der Waals surface area contributed by atoms with Gasteiger partial charge in [0.25, 0.3) is 0 Å². The highest BCUT2D eigenvalue weighted by molar-refractivity contribution is 9.09. The zero-order valence-electron chi connectivity index (χ0n) is 8.40. The summed E-state index contributed by atoms with van der Waals surface area (Å²) in [6.45, 7) is 0. The van der Waals surface area contributed by atoms with Crippen molar-refractivity contribution in [1.82, 2.24) is 0 Å². The van der Waals surface area contributed by atoms with E-state index in [0.717, 1.165) is 17.5 Å². The molecule has 1 aromatic carbocycles. The third kappa shape index (κ3) is 2.72. The van der Waals surface area contributed by atoms with Crippen LogP contribution in [0.15, 0.2) is 53.1 Å². The fourth-order valence-electron chi connectivity index (χ4n) is 1.66. The molecule has 2 aromatic rings. The van der Waals surface area contributed by atoms with E-state index in [2.05, 4.69) is 40.2 Å². The van der Waals surface area contributed by atoms with Gasteiger partial charge in [-0.15, -0.1) is 0 Å². The first-order chi connectivity index (χ1) is 7.40. The van der Waals surface area contributed by atoms with Crippen LogP contribution in [0.3, 0.4) is 0 Å². The number of benzene rings is 1. The van der Waals surface area contributed by atoms with E-state index in [-0.39, 0.29) is 0 Å². The molecule has 1 heterocycles. The van der Waals surface area contributed by atoms with Gasteiger partial charge in [0.1, 0.15) is 5.76 Å². The maximum atomic E-state index is 5.37. The summed E-state index contributed by atoms with van der Waals surface area (Å²) < 4.78 is 5.37. The molecule has 0 N–H and O–H groups in total. The van der Waals surface area contributed by atoms with Gasteiger partial charge in [-0.25, -0.2) is 0 Å². The van der Waals surface area contributed by atoms with Gasteiger partial charge in [0.2, 0.25) is 0 Å². The first kappa shape index (κ1) is 10.5. The van der Waals surface area contributed by atoms with Gasteiger partial charge in [0, 0.05) is 17.7 Å². The lowest BCUT2D eigenvalue weighted by atomic mass is 9.97. The van der Waals surface area contributed by atoms with Crippen molar-refractivity contribution in [3.8, 4) is 0 Å². The molecular formula is C13H13BrO. The summed E-state index contributed by atoms with van der Waals surface area (Å²) in [5, 5.41) is 0.956. The minimum Gasteiger partial charge on any atom is -0.469 e. The lowest BCUT2D eigenvalue weighted by Crippen LogP contribution is -2.03. The van der Waals surface area contributed by atoms with Crippen molar-refractivity contribution in [2.75, 3.05) is 5.33 Å². The summed E-state index contributed by atoms with van der Waals surface area (Å²) in [5.74, 6) is 1.53. The molecule has 0 radical (unpaired) electrons. The highest BCUT2D eigenvalue weighted by Gasteiger charge is 2.11. The van der Waals surface area contributed by atoms with Gasteiger partial charge in [0.05, 0.1) is 6.26 Å². The van der Waals surface area contributed by atoms with E-state index in [4.69, 9.17) is 4.42 Å². The normalized spacial score (nSPS) is 12.6. The van der Waals surface area contributed by atoms with E-state index in [9.17, 15) is 0 Å². The SMILES string of the molecule is BrCC(Cc1ccco1)c1ccccc1. The Morgan fingerprint density at radius 3 is 2.47 bits per heavy atom. The predicted octanol–water partition coefficient (Wildman–Crippen LogP) is 4.00. The van der Waals surface area contributed by atoms with Gasteiger partial charge in [-0.2, -0.15) is 0 Å². The molecule has 1 atom stereocenters. The van der Waals surface area contributed by atoms with Crippen LogP contribution in [0.1, 0.15) is 17.2 Å². The summed E-state index contributed by atoms with van der Waals surface area (Å²) in [5.41, 5.74) is 1.35. The number of alkyl halides is 1. The van der Waals surface area contributed by atoms with E-state index in [1.807, 2.05) is 18.2 Å². The Morgan fingerprint density at radius 1 is 1.07 bits per heavy atom.